The first-order valence-electron chi connectivity index (χ1n) is 7.29. The molecule has 0 saturated carbocycles. The Kier molecular flexibility index (Phi) is 4.33. The molecule has 0 aromatic heterocycles. The summed E-state index contributed by atoms with van der Waals surface area (Å²) in [5.41, 5.74) is 8.28. The van der Waals surface area contributed by atoms with Gasteiger partial charge >= 0.3 is 0 Å². The van der Waals surface area contributed by atoms with Crippen LogP contribution >= 0.6 is 0 Å². The van der Waals surface area contributed by atoms with Crippen LogP contribution in [0.5, 0.6) is 0 Å². The van der Waals surface area contributed by atoms with Crippen molar-refractivity contribution in [3.63, 3.8) is 0 Å². The van der Waals surface area contributed by atoms with Crippen molar-refractivity contribution in [3.8, 4) is 0 Å². The minimum absolute atomic E-state index is 0.0548. The molecule has 4 nitrogen and oxygen atoms in total. The van der Waals surface area contributed by atoms with Crippen molar-refractivity contribution in [2.45, 2.75) is 33.7 Å². The number of hydrogen-bond donors (Lipinski definition) is 2. The molecule has 1 amide bonds. The van der Waals surface area contributed by atoms with E-state index in [0.717, 1.165) is 30.0 Å². The summed E-state index contributed by atoms with van der Waals surface area (Å²) in [5, 5.41) is 3.01. The topological polar surface area (TPSA) is 58.4 Å². The maximum absolute atomic E-state index is 12.4. The van der Waals surface area contributed by atoms with Crippen LogP contribution in [-0.2, 0) is 4.79 Å². The molecule has 0 spiro atoms. The molecule has 2 rings (SSSR count). The number of rotatable bonds is 3. The number of hydrogen-bond acceptors (Lipinski definition) is 3. The smallest absolute Gasteiger partial charge is 0.241 e. The van der Waals surface area contributed by atoms with Gasteiger partial charge in [0.1, 0.15) is 0 Å². The molecule has 1 aliphatic heterocycles. The fourth-order valence-corrected chi connectivity index (χ4v) is 2.72. The molecule has 1 saturated heterocycles. The van der Waals surface area contributed by atoms with E-state index in [9.17, 15) is 4.79 Å². The first-order chi connectivity index (χ1) is 9.38. The second-order valence-electron chi connectivity index (χ2n) is 6.15. The first-order valence-corrected chi connectivity index (χ1v) is 7.29. The van der Waals surface area contributed by atoms with E-state index < -0.39 is 0 Å². The number of nitrogens with one attached hydrogen (secondary N) is 1. The Balaban J connectivity index is 2.01. The van der Waals surface area contributed by atoms with E-state index in [4.69, 9.17) is 5.73 Å². The predicted octanol–water partition coefficient (Wildman–Crippen LogP) is 2.49. The molecule has 4 heteroatoms. The van der Waals surface area contributed by atoms with Gasteiger partial charge in [-0.25, -0.2) is 0 Å². The molecule has 1 aromatic carbocycles. The summed E-state index contributed by atoms with van der Waals surface area (Å²) in [6.45, 7) is 10.4. The summed E-state index contributed by atoms with van der Waals surface area (Å²) in [4.78, 5) is 14.6. The van der Waals surface area contributed by atoms with Gasteiger partial charge < -0.3 is 11.1 Å². The summed E-state index contributed by atoms with van der Waals surface area (Å²) in [5.74, 6) is 1.37. The lowest BCUT2D eigenvalue weighted by molar-refractivity contribution is -0.120. The van der Waals surface area contributed by atoms with Gasteiger partial charge in [-0.1, -0.05) is 13.8 Å². The number of nitrogens with two attached hydrogens (primary N) is 1. The summed E-state index contributed by atoms with van der Waals surface area (Å²) < 4.78 is 0. The number of benzene rings is 1. The normalized spacial score (nSPS) is 24.6. The zero-order chi connectivity index (χ0) is 14.9. The Hall–Kier alpha value is -1.55. The minimum Gasteiger partial charge on any atom is -0.399 e. The fourth-order valence-electron chi connectivity index (χ4n) is 2.72. The number of carbonyl (C=O) groups excluding carboxylic acids is 1. The van der Waals surface area contributed by atoms with Crippen LogP contribution in [0.15, 0.2) is 18.2 Å². The monoisotopic (exact) mass is 275 g/mol. The lowest BCUT2D eigenvalue weighted by Gasteiger charge is -2.23. The van der Waals surface area contributed by atoms with E-state index in [0.29, 0.717) is 11.8 Å². The number of carbonyl (C=O) groups is 1. The predicted molar refractivity (Wildman–Crippen MR) is 83.6 cm³/mol. The molecule has 110 valence electrons. The van der Waals surface area contributed by atoms with Crippen LogP contribution in [0.2, 0.25) is 0 Å². The Labute approximate surface area is 121 Å². The lowest BCUT2D eigenvalue weighted by Crippen LogP contribution is -2.41. The maximum Gasteiger partial charge on any atom is 0.241 e. The van der Waals surface area contributed by atoms with Crippen LogP contribution in [0.3, 0.4) is 0 Å². The van der Waals surface area contributed by atoms with E-state index in [-0.39, 0.29) is 11.9 Å². The highest BCUT2D eigenvalue weighted by molar-refractivity contribution is 5.95. The second kappa shape index (κ2) is 5.83. The van der Waals surface area contributed by atoms with Crippen molar-refractivity contribution in [2.24, 2.45) is 11.8 Å². The molecular formula is C16H25N3O. The number of amides is 1. The number of aryl methyl sites for hydroxylation is 1. The maximum atomic E-state index is 12.4. The number of anilines is 2. The Bertz CT molecular complexity index is 490. The van der Waals surface area contributed by atoms with Crippen molar-refractivity contribution in [1.82, 2.24) is 4.90 Å². The number of nitrogen functional groups attached to an aromatic ring is 1. The molecule has 3 N–H and O–H groups in total. The van der Waals surface area contributed by atoms with Gasteiger partial charge in [-0.05, 0) is 49.4 Å². The van der Waals surface area contributed by atoms with Gasteiger partial charge in [0.25, 0.3) is 0 Å². The Morgan fingerprint density at radius 1 is 1.35 bits per heavy atom. The average molecular weight is 275 g/mol. The van der Waals surface area contributed by atoms with E-state index in [1.54, 1.807) is 0 Å². The minimum atomic E-state index is -0.0978. The summed E-state index contributed by atoms with van der Waals surface area (Å²) in [6.07, 6.45) is 0. The van der Waals surface area contributed by atoms with Crippen LogP contribution in [0, 0.1) is 18.8 Å². The summed E-state index contributed by atoms with van der Waals surface area (Å²) >= 11 is 0. The SMILES string of the molecule is Cc1cc(N)ccc1NC(=O)C(C)N1CC(C)C(C)C1. The van der Waals surface area contributed by atoms with E-state index in [1.165, 1.54) is 0 Å². The van der Waals surface area contributed by atoms with E-state index in [1.807, 2.05) is 32.0 Å². The molecule has 0 aliphatic carbocycles. The lowest BCUT2D eigenvalue weighted by atomic mass is 10.0. The molecule has 0 bridgehead atoms. The molecule has 3 unspecified atom stereocenters. The second-order valence-corrected chi connectivity index (χ2v) is 6.15. The van der Waals surface area contributed by atoms with Gasteiger partial charge in [-0.2, -0.15) is 0 Å². The molecule has 3 atom stereocenters. The van der Waals surface area contributed by atoms with Crippen molar-refractivity contribution in [1.29, 1.82) is 0 Å². The third-order valence-corrected chi connectivity index (χ3v) is 4.45. The Morgan fingerprint density at radius 3 is 2.50 bits per heavy atom. The zero-order valence-electron chi connectivity index (χ0n) is 12.8. The number of likely N-dealkylation sites (tertiary alicyclic amines) is 1. The van der Waals surface area contributed by atoms with Crippen molar-refractivity contribution in [2.75, 3.05) is 24.1 Å². The van der Waals surface area contributed by atoms with Gasteiger partial charge in [-0.15, -0.1) is 0 Å². The van der Waals surface area contributed by atoms with Gasteiger partial charge in [0.2, 0.25) is 5.91 Å². The van der Waals surface area contributed by atoms with E-state index in [2.05, 4.69) is 24.1 Å². The van der Waals surface area contributed by atoms with Crippen LogP contribution in [0.4, 0.5) is 11.4 Å². The van der Waals surface area contributed by atoms with E-state index >= 15 is 0 Å². The largest absolute Gasteiger partial charge is 0.399 e. The van der Waals surface area contributed by atoms with Crippen LogP contribution < -0.4 is 11.1 Å². The fraction of sp³-hybridized carbons (Fsp3) is 0.562. The summed E-state index contributed by atoms with van der Waals surface area (Å²) in [6, 6.07) is 5.46. The van der Waals surface area contributed by atoms with Crippen LogP contribution in [-0.4, -0.2) is 29.9 Å². The van der Waals surface area contributed by atoms with Gasteiger partial charge in [0.15, 0.2) is 0 Å². The highest BCUT2D eigenvalue weighted by atomic mass is 16.2. The average Bonchev–Trinajstić information content (AvgIpc) is 2.72. The van der Waals surface area contributed by atoms with Gasteiger partial charge in [-0.3, -0.25) is 9.69 Å². The molecule has 1 fully saturated rings. The van der Waals surface area contributed by atoms with Gasteiger partial charge in [0.05, 0.1) is 6.04 Å². The standard InChI is InChI=1S/C16H25N3O/c1-10-7-14(17)5-6-15(10)18-16(20)13(4)19-8-11(2)12(3)9-19/h5-7,11-13H,8-9,17H2,1-4H3,(H,18,20). The first kappa shape index (κ1) is 14.9. The third kappa shape index (κ3) is 3.12. The molecule has 1 heterocycles. The molecular weight excluding hydrogens is 250 g/mol. The summed E-state index contributed by atoms with van der Waals surface area (Å²) in [7, 11) is 0. The highest BCUT2D eigenvalue weighted by Crippen LogP contribution is 2.25. The Morgan fingerprint density at radius 2 is 1.95 bits per heavy atom. The van der Waals surface area contributed by atoms with Crippen molar-refractivity contribution in [3.05, 3.63) is 23.8 Å². The quantitative estimate of drug-likeness (QED) is 0.833. The highest BCUT2D eigenvalue weighted by Gasteiger charge is 2.32. The van der Waals surface area contributed by atoms with Crippen LogP contribution in [0.1, 0.15) is 26.3 Å². The zero-order valence-corrected chi connectivity index (χ0v) is 12.8. The van der Waals surface area contributed by atoms with Crippen molar-refractivity contribution >= 4 is 17.3 Å². The molecule has 1 aromatic rings. The third-order valence-electron chi connectivity index (χ3n) is 4.45. The van der Waals surface area contributed by atoms with Crippen molar-refractivity contribution < 1.29 is 4.79 Å². The molecule has 1 aliphatic rings. The van der Waals surface area contributed by atoms with Gasteiger partial charge in [0, 0.05) is 24.5 Å². The molecule has 0 radical (unpaired) electrons. The molecule has 20 heavy (non-hydrogen) atoms. The van der Waals surface area contributed by atoms with Crippen LogP contribution in [0.25, 0.3) is 0 Å². The number of nitrogens with zero attached hydrogens (tertiary/aromatic N) is 1.